The summed E-state index contributed by atoms with van der Waals surface area (Å²) >= 11 is 1.40. The first kappa shape index (κ1) is 14.0. The zero-order valence-corrected chi connectivity index (χ0v) is 11.2. The van der Waals surface area contributed by atoms with Crippen LogP contribution < -0.4 is 0 Å². The van der Waals surface area contributed by atoms with E-state index in [9.17, 15) is 9.90 Å². The van der Waals surface area contributed by atoms with E-state index in [2.05, 4.69) is 0 Å². The van der Waals surface area contributed by atoms with Crippen LogP contribution in [-0.4, -0.2) is 16.2 Å². The standard InChI is InChI=1S/C15H11NO3S/c16-9-10-1-6-14(11(7-10)8-15(18)19)20-13-4-2-12(17)3-5-13/h1-7,17H,8H2,(H,18,19). The second-order valence-electron chi connectivity index (χ2n) is 4.10. The summed E-state index contributed by atoms with van der Waals surface area (Å²) in [6.45, 7) is 0. The third-order valence-corrected chi connectivity index (χ3v) is 3.72. The average molecular weight is 285 g/mol. The van der Waals surface area contributed by atoms with Crippen molar-refractivity contribution < 1.29 is 15.0 Å². The number of nitrogens with zero attached hydrogens (tertiary/aromatic N) is 1. The van der Waals surface area contributed by atoms with Gasteiger partial charge < -0.3 is 10.2 Å². The molecule has 5 heteroatoms. The second kappa shape index (κ2) is 6.13. The van der Waals surface area contributed by atoms with Crippen LogP contribution in [0.2, 0.25) is 0 Å². The summed E-state index contributed by atoms with van der Waals surface area (Å²) < 4.78 is 0. The summed E-state index contributed by atoms with van der Waals surface area (Å²) in [6.07, 6.45) is -0.129. The summed E-state index contributed by atoms with van der Waals surface area (Å²) in [5.74, 6) is -0.757. The lowest BCUT2D eigenvalue weighted by atomic mass is 10.1. The number of phenolic OH excluding ortho intramolecular Hbond substituents is 1. The lowest BCUT2D eigenvalue weighted by Gasteiger charge is -2.08. The predicted molar refractivity (Wildman–Crippen MR) is 74.7 cm³/mol. The Morgan fingerprint density at radius 3 is 2.50 bits per heavy atom. The SMILES string of the molecule is N#Cc1ccc(Sc2ccc(O)cc2)c(CC(=O)O)c1. The van der Waals surface area contributed by atoms with Crippen molar-refractivity contribution in [2.75, 3.05) is 0 Å². The third kappa shape index (κ3) is 3.53. The maximum absolute atomic E-state index is 10.9. The second-order valence-corrected chi connectivity index (χ2v) is 5.22. The molecule has 0 aliphatic carbocycles. The molecule has 0 bridgehead atoms. The maximum atomic E-state index is 10.9. The van der Waals surface area contributed by atoms with Crippen LogP contribution >= 0.6 is 11.8 Å². The van der Waals surface area contributed by atoms with E-state index in [0.717, 1.165) is 9.79 Å². The molecular formula is C15H11NO3S. The molecule has 2 N–H and O–H groups in total. The lowest BCUT2D eigenvalue weighted by Crippen LogP contribution is -2.02. The molecule has 4 nitrogen and oxygen atoms in total. The first-order valence-electron chi connectivity index (χ1n) is 5.80. The lowest BCUT2D eigenvalue weighted by molar-refractivity contribution is -0.136. The van der Waals surface area contributed by atoms with Crippen molar-refractivity contribution in [3.8, 4) is 11.8 Å². The van der Waals surface area contributed by atoms with E-state index in [1.54, 1.807) is 42.5 Å². The monoisotopic (exact) mass is 285 g/mol. The van der Waals surface area contributed by atoms with Gasteiger partial charge in [0.2, 0.25) is 0 Å². The van der Waals surface area contributed by atoms with E-state index in [-0.39, 0.29) is 12.2 Å². The molecule has 0 atom stereocenters. The molecular weight excluding hydrogens is 274 g/mol. The Kier molecular flexibility index (Phi) is 4.28. The van der Waals surface area contributed by atoms with Gasteiger partial charge in [-0.1, -0.05) is 11.8 Å². The number of phenols is 1. The van der Waals surface area contributed by atoms with Gasteiger partial charge in [-0.3, -0.25) is 4.79 Å². The molecule has 0 fully saturated rings. The van der Waals surface area contributed by atoms with Gasteiger partial charge in [0.15, 0.2) is 0 Å². The Hall–Kier alpha value is -2.45. The van der Waals surface area contributed by atoms with Gasteiger partial charge in [-0.05, 0) is 48.0 Å². The highest BCUT2D eigenvalue weighted by atomic mass is 32.2. The van der Waals surface area contributed by atoms with Gasteiger partial charge in [0.1, 0.15) is 5.75 Å². The summed E-state index contributed by atoms with van der Waals surface area (Å²) in [6, 6.07) is 13.7. The van der Waals surface area contributed by atoms with Crippen LogP contribution in [0.3, 0.4) is 0 Å². The molecule has 0 aromatic heterocycles. The van der Waals surface area contributed by atoms with E-state index in [1.165, 1.54) is 11.8 Å². The van der Waals surface area contributed by atoms with Gasteiger partial charge in [0.05, 0.1) is 18.1 Å². The van der Waals surface area contributed by atoms with Gasteiger partial charge in [-0.25, -0.2) is 0 Å². The van der Waals surface area contributed by atoms with Crippen molar-refractivity contribution in [2.45, 2.75) is 16.2 Å². The van der Waals surface area contributed by atoms with Crippen molar-refractivity contribution in [2.24, 2.45) is 0 Å². The molecule has 2 rings (SSSR count). The first-order chi connectivity index (χ1) is 9.58. The van der Waals surface area contributed by atoms with Crippen molar-refractivity contribution in [3.63, 3.8) is 0 Å². The maximum Gasteiger partial charge on any atom is 0.307 e. The van der Waals surface area contributed by atoms with Gasteiger partial charge in [0, 0.05) is 9.79 Å². The molecule has 0 saturated heterocycles. The van der Waals surface area contributed by atoms with Crippen LogP contribution in [0.4, 0.5) is 0 Å². The number of carboxylic acid groups (broad SMARTS) is 1. The number of carboxylic acids is 1. The molecule has 0 aliphatic rings. The van der Waals surface area contributed by atoms with Crippen molar-refractivity contribution in [1.82, 2.24) is 0 Å². The van der Waals surface area contributed by atoms with E-state index in [1.807, 2.05) is 6.07 Å². The quantitative estimate of drug-likeness (QED) is 0.902. The van der Waals surface area contributed by atoms with E-state index < -0.39 is 5.97 Å². The minimum Gasteiger partial charge on any atom is -0.508 e. The molecule has 0 heterocycles. The molecule has 2 aromatic carbocycles. The highest BCUT2D eigenvalue weighted by molar-refractivity contribution is 7.99. The minimum atomic E-state index is -0.937. The van der Waals surface area contributed by atoms with Crippen LogP contribution in [0.1, 0.15) is 11.1 Å². The number of hydrogen-bond donors (Lipinski definition) is 2. The van der Waals surface area contributed by atoms with Gasteiger partial charge in [-0.15, -0.1) is 0 Å². The number of benzene rings is 2. The average Bonchev–Trinajstić information content (AvgIpc) is 2.42. The Bertz CT molecular complexity index is 675. The van der Waals surface area contributed by atoms with Crippen LogP contribution in [-0.2, 0) is 11.2 Å². The van der Waals surface area contributed by atoms with Gasteiger partial charge >= 0.3 is 5.97 Å². The fraction of sp³-hybridized carbons (Fsp3) is 0.0667. The van der Waals surface area contributed by atoms with Crippen LogP contribution in [0.25, 0.3) is 0 Å². The van der Waals surface area contributed by atoms with Gasteiger partial charge in [-0.2, -0.15) is 5.26 Å². The minimum absolute atomic E-state index is 0.129. The fourth-order valence-electron chi connectivity index (χ4n) is 1.69. The summed E-state index contributed by atoms with van der Waals surface area (Å²) in [4.78, 5) is 12.6. The third-order valence-electron chi connectivity index (χ3n) is 2.60. The fourth-order valence-corrected chi connectivity index (χ4v) is 2.62. The number of rotatable bonds is 4. The van der Waals surface area contributed by atoms with Crippen molar-refractivity contribution in [1.29, 1.82) is 5.26 Å². The highest BCUT2D eigenvalue weighted by Crippen LogP contribution is 2.32. The summed E-state index contributed by atoms with van der Waals surface area (Å²) in [7, 11) is 0. The molecule has 0 saturated carbocycles. The predicted octanol–water partition coefficient (Wildman–Crippen LogP) is 3.04. The number of carbonyl (C=O) groups is 1. The van der Waals surface area contributed by atoms with E-state index >= 15 is 0 Å². The largest absolute Gasteiger partial charge is 0.508 e. The Balaban J connectivity index is 2.32. The zero-order valence-electron chi connectivity index (χ0n) is 10.4. The highest BCUT2D eigenvalue weighted by Gasteiger charge is 2.09. The topological polar surface area (TPSA) is 81.3 Å². The van der Waals surface area contributed by atoms with Gasteiger partial charge in [0.25, 0.3) is 0 Å². The van der Waals surface area contributed by atoms with Crippen LogP contribution in [0.15, 0.2) is 52.3 Å². The number of hydrogen-bond acceptors (Lipinski definition) is 4. The molecule has 100 valence electrons. The molecule has 0 radical (unpaired) electrons. The normalized spacial score (nSPS) is 9.95. The number of aromatic hydroxyl groups is 1. The molecule has 0 amide bonds. The Morgan fingerprint density at radius 1 is 1.20 bits per heavy atom. The Labute approximate surface area is 120 Å². The molecule has 0 spiro atoms. The van der Waals surface area contributed by atoms with E-state index in [4.69, 9.17) is 10.4 Å². The zero-order chi connectivity index (χ0) is 14.5. The van der Waals surface area contributed by atoms with E-state index in [0.29, 0.717) is 11.1 Å². The first-order valence-corrected chi connectivity index (χ1v) is 6.62. The van der Waals surface area contributed by atoms with Crippen molar-refractivity contribution in [3.05, 3.63) is 53.6 Å². The summed E-state index contributed by atoms with van der Waals surface area (Å²) in [5, 5.41) is 27.0. The molecule has 2 aromatic rings. The molecule has 0 aliphatic heterocycles. The van der Waals surface area contributed by atoms with Crippen LogP contribution in [0.5, 0.6) is 5.75 Å². The number of aliphatic carboxylic acids is 1. The number of nitriles is 1. The molecule has 0 unspecified atom stereocenters. The smallest absolute Gasteiger partial charge is 0.307 e. The summed E-state index contributed by atoms with van der Waals surface area (Å²) in [5.41, 5.74) is 1.05. The van der Waals surface area contributed by atoms with Crippen molar-refractivity contribution >= 4 is 17.7 Å². The molecule has 20 heavy (non-hydrogen) atoms. The van der Waals surface area contributed by atoms with Crippen LogP contribution in [0, 0.1) is 11.3 Å². The Morgan fingerprint density at radius 2 is 1.90 bits per heavy atom.